The number of hydrogen-bond acceptors (Lipinski definition) is 4. The van der Waals surface area contributed by atoms with Crippen molar-refractivity contribution >= 4 is 46.0 Å². The van der Waals surface area contributed by atoms with Crippen LogP contribution in [0.3, 0.4) is 0 Å². The van der Waals surface area contributed by atoms with Crippen molar-refractivity contribution in [2.45, 2.75) is 109 Å². The fourth-order valence-corrected chi connectivity index (χ4v) is 12.3. The number of benzene rings is 6. The molecule has 0 spiro atoms. The van der Waals surface area contributed by atoms with Gasteiger partial charge in [-0.05, 0) is 130 Å². The topological polar surface area (TPSA) is 20.3 Å². The zero-order chi connectivity index (χ0) is 45.1. The predicted octanol–water partition coefficient (Wildman–Crippen LogP) is 19.5. The van der Waals surface area contributed by atoms with E-state index >= 15 is 0 Å². The fraction of sp³-hybridized carbons (Fsp3) is 0.274. The summed E-state index contributed by atoms with van der Waals surface area (Å²) in [7, 11) is 0. The Balaban J connectivity index is 1.05. The first-order chi connectivity index (χ1) is 32.6. The van der Waals surface area contributed by atoms with Crippen molar-refractivity contribution in [3.63, 3.8) is 0 Å². The van der Waals surface area contributed by atoms with Crippen LogP contribution >= 0.6 is 22.7 Å². The molecule has 8 aromatic rings. The van der Waals surface area contributed by atoms with Crippen molar-refractivity contribution in [2.24, 2.45) is 0 Å². The summed E-state index contributed by atoms with van der Waals surface area (Å²) in [5.41, 5.74) is 15.1. The fourth-order valence-electron chi connectivity index (χ4n) is 10.3. The van der Waals surface area contributed by atoms with Gasteiger partial charge in [0.05, 0.1) is 0 Å². The van der Waals surface area contributed by atoms with Gasteiger partial charge in [0.25, 0.3) is 0 Å². The molecule has 2 aromatic heterocycles. The molecule has 0 saturated carbocycles. The average molecular weight is 902 g/mol. The minimum atomic E-state index is -0.0315. The first-order valence-corrected chi connectivity index (χ1v) is 26.3. The first kappa shape index (κ1) is 45.4. The molecule has 0 atom stereocenters. The van der Waals surface area contributed by atoms with E-state index < -0.39 is 0 Å². The monoisotopic (exact) mass is 901 g/mol. The molecular formula is C62H63NOS2. The summed E-state index contributed by atoms with van der Waals surface area (Å²) < 4.78 is 0. The van der Waals surface area contributed by atoms with Gasteiger partial charge in [0.2, 0.25) is 0 Å². The quantitative estimate of drug-likeness (QED) is 0.0499. The normalized spacial score (nSPS) is 12.5. The molecule has 0 amide bonds. The van der Waals surface area contributed by atoms with Crippen LogP contribution in [0.15, 0.2) is 170 Å². The zero-order valence-electron chi connectivity index (χ0n) is 38.8. The Morgan fingerprint density at radius 3 is 1.23 bits per heavy atom. The molecule has 2 heterocycles. The third-order valence-corrected chi connectivity index (χ3v) is 16.2. The number of carbonyl (C=O) groups excluding carboxylic acids is 1. The Labute approximate surface area is 402 Å². The molecule has 334 valence electrons. The first-order valence-electron chi connectivity index (χ1n) is 24.6. The molecule has 0 bridgehead atoms. The highest BCUT2D eigenvalue weighted by Crippen LogP contribution is 2.56. The van der Waals surface area contributed by atoms with Gasteiger partial charge >= 0.3 is 0 Å². The van der Waals surface area contributed by atoms with Crippen molar-refractivity contribution in [3.8, 4) is 52.9 Å². The molecule has 9 rings (SSSR count). The molecule has 0 N–H and O–H groups in total. The Kier molecular flexibility index (Phi) is 14.9. The van der Waals surface area contributed by atoms with Gasteiger partial charge in [0.15, 0.2) is 0 Å². The van der Waals surface area contributed by atoms with E-state index in [0.717, 1.165) is 28.9 Å². The number of hydrogen-bond donors (Lipinski definition) is 0. The van der Waals surface area contributed by atoms with Crippen LogP contribution in [0, 0.1) is 0 Å². The van der Waals surface area contributed by atoms with Crippen LogP contribution in [-0.2, 0) is 5.41 Å². The van der Waals surface area contributed by atoms with E-state index in [4.69, 9.17) is 0 Å². The van der Waals surface area contributed by atoms with E-state index in [1.165, 1.54) is 148 Å². The summed E-state index contributed by atoms with van der Waals surface area (Å²) in [6.45, 7) is 4.63. The van der Waals surface area contributed by atoms with Crippen molar-refractivity contribution in [2.75, 3.05) is 4.90 Å². The second kappa shape index (κ2) is 21.7. The average Bonchev–Trinajstić information content (AvgIpc) is 4.13. The number of unbranched alkanes of at least 4 members (excludes halogenated alkanes) is 10. The summed E-state index contributed by atoms with van der Waals surface area (Å²) in [5, 5.41) is 0. The lowest BCUT2D eigenvalue weighted by molar-refractivity contribution is 0.112. The third kappa shape index (κ3) is 9.97. The Morgan fingerprint density at radius 2 is 0.788 bits per heavy atom. The predicted molar refractivity (Wildman–Crippen MR) is 286 cm³/mol. The van der Waals surface area contributed by atoms with Gasteiger partial charge in [-0.15, -0.1) is 22.7 Å². The van der Waals surface area contributed by atoms with Gasteiger partial charge in [-0.3, -0.25) is 4.79 Å². The van der Waals surface area contributed by atoms with Gasteiger partial charge in [0, 0.05) is 47.5 Å². The van der Waals surface area contributed by atoms with Crippen molar-refractivity contribution in [1.29, 1.82) is 0 Å². The van der Waals surface area contributed by atoms with Crippen LogP contribution < -0.4 is 4.90 Å². The molecule has 0 saturated heterocycles. The van der Waals surface area contributed by atoms with Crippen LogP contribution in [0.25, 0.3) is 52.9 Å². The SMILES string of the molecule is CCCCCCCCC1(CCCCCCCC)c2cc(-c3ccc(-c4ccc(C=O)cc4)s3)ccc2-c2ccc(-c3ccc(-c4ccc(N(c5ccccc5)c5ccccc5)cc4)s3)cc21. The van der Waals surface area contributed by atoms with E-state index in [2.05, 4.69) is 176 Å². The summed E-state index contributed by atoms with van der Waals surface area (Å²) in [5.74, 6) is 0. The third-order valence-electron chi connectivity index (χ3n) is 13.8. The van der Waals surface area contributed by atoms with Crippen LogP contribution in [0.4, 0.5) is 17.1 Å². The van der Waals surface area contributed by atoms with E-state index in [1.54, 1.807) is 0 Å². The number of fused-ring (bicyclic) bond motifs is 3. The van der Waals surface area contributed by atoms with Crippen molar-refractivity contribution in [3.05, 3.63) is 187 Å². The second-order valence-electron chi connectivity index (χ2n) is 18.3. The minimum absolute atomic E-state index is 0.0315. The summed E-state index contributed by atoms with van der Waals surface area (Å²) in [6, 6.07) is 62.4. The minimum Gasteiger partial charge on any atom is -0.311 e. The Bertz CT molecular complexity index is 2740. The standard InChI is InChI=1S/C62H63NOS2/c1-3-5-7-9-11-19-41-62(42-20-12-10-8-6-4-2)56-43-49(60-39-37-58(65-60)47-27-25-46(45-64)26-28-47)31-35-54(56)55-36-32-50(44-57(55)62)61-40-38-59(66-61)48-29-33-53(34-30-48)63(51-21-15-13-16-22-51)52-23-17-14-18-24-52/h13-18,21-40,43-45H,3-12,19-20,41-42H2,1-2H3. The van der Waals surface area contributed by atoms with Gasteiger partial charge in [-0.2, -0.15) is 0 Å². The zero-order valence-corrected chi connectivity index (χ0v) is 40.4. The molecule has 0 aliphatic heterocycles. The number of aldehydes is 1. The molecule has 0 radical (unpaired) electrons. The number of thiophene rings is 2. The lowest BCUT2D eigenvalue weighted by Gasteiger charge is -2.33. The number of carbonyl (C=O) groups is 1. The van der Waals surface area contributed by atoms with Crippen LogP contribution in [0.5, 0.6) is 0 Å². The molecular weight excluding hydrogens is 839 g/mol. The van der Waals surface area contributed by atoms with Gasteiger partial charge < -0.3 is 4.90 Å². The molecule has 1 aliphatic rings. The highest BCUT2D eigenvalue weighted by atomic mass is 32.1. The van der Waals surface area contributed by atoms with Gasteiger partial charge in [0.1, 0.15) is 6.29 Å². The molecule has 2 nitrogen and oxygen atoms in total. The van der Waals surface area contributed by atoms with Crippen molar-refractivity contribution < 1.29 is 4.79 Å². The smallest absolute Gasteiger partial charge is 0.150 e. The summed E-state index contributed by atoms with van der Waals surface area (Å²) in [4.78, 5) is 18.8. The highest BCUT2D eigenvalue weighted by Gasteiger charge is 2.42. The van der Waals surface area contributed by atoms with E-state index in [-0.39, 0.29) is 5.41 Å². The Morgan fingerprint density at radius 1 is 0.409 bits per heavy atom. The number of nitrogens with zero attached hydrogens (tertiary/aromatic N) is 1. The second-order valence-corrected chi connectivity index (χ2v) is 20.4. The number of anilines is 3. The highest BCUT2D eigenvalue weighted by molar-refractivity contribution is 7.19. The molecule has 1 aliphatic carbocycles. The van der Waals surface area contributed by atoms with E-state index in [0.29, 0.717) is 5.56 Å². The molecule has 6 aromatic carbocycles. The van der Waals surface area contributed by atoms with Gasteiger partial charge in [-0.1, -0.05) is 188 Å². The van der Waals surface area contributed by atoms with Crippen LogP contribution in [0.2, 0.25) is 0 Å². The largest absolute Gasteiger partial charge is 0.311 e. The molecule has 0 fully saturated rings. The number of rotatable bonds is 22. The van der Waals surface area contributed by atoms with Crippen molar-refractivity contribution in [1.82, 2.24) is 0 Å². The summed E-state index contributed by atoms with van der Waals surface area (Å²) >= 11 is 3.76. The lowest BCUT2D eigenvalue weighted by atomic mass is 9.70. The van der Waals surface area contributed by atoms with E-state index in [9.17, 15) is 4.79 Å². The maximum absolute atomic E-state index is 11.4. The lowest BCUT2D eigenvalue weighted by Crippen LogP contribution is -2.25. The van der Waals surface area contributed by atoms with Gasteiger partial charge in [-0.25, -0.2) is 0 Å². The molecule has 4 heteroatoms. The maximum Gasteiger partial charge on any atom is 0.150 e. The Hall–Kier alpha value is -5.81. The van der Waals surface area contributed by atoms with Crippen LogP contribution in [0.1, 0.15) is 125 Å². The molecule has 0 unspecified atom stereocenters. The maximum atomic E-state index is 11.4. The number of para-hydroxylation sites is 2. The van der Waals surface area contributed by atoms with Crippen LogP contribution in [-0.4, -0.2) is 6.29 Å². The van der Waals surface area contributed by atoms with E-state index in [1.807, 2.05) is 34.8 Å². The molecule has 66 heavy (non-hydrogen) atoms. The summed E-state index contributed by atoms with van der Waals surface area (Å²) in [6.07, 6.45) is 18.9.